The van der Waals surface area contributed by atoms with Gasteiger partial charge in [0.15, 0.2) is 0 Å². The Morgan fingerprint density at radius 1 is 1.60 bits per heavy atom. The molecule has 0 bridgehead atoms. The highest BCUT2D eigenvalue weighted by atomic mass is 16.1. The first kappa shape index (κ1) is 9.63. The molecule has 2 nitrogen and oxygen atoms in total. The lowest BCUT2D eigenvalue weighted by molar-refractivity contribution is -0.121. The fourth-order valence-electron chi connectivity index (χ4n) is 1.08. The van der Waals surface area contributed by atoms with Gasteiger partial charge in [0.05, 0.1) is 0 Å². The van der Waals surface area contributed by atoms with Gasteiger partial charge in [-0.15, -0.1) is 0 Å². The number of hydrogen-bond acceptors (Lipinski definition) is 2. The maximum absolute atomic E-state index is 10.9. The van der Waals surface area contributed by atoms with Gasteiger partial charge >= 0.3 is 0 Å². The zero-order chi connectivity index (χ0) is 8.15. The number of carbonyl (C=O) groups excluding carboxylic acids is 1. The second-order valence-corrected chi connectivity index (χ2v) is 2.84. The van der Waals surface area contributed by atoms with Crippen molar-refractivity contribution in [2.45, 2.75) is 27.2 Å². The van der Waals surface area contributed by atoms with Crippen molar-refractivity contribution in [3.8, 4) is 0 Å². The molecule has 60 valence electrons. The van der Waals surface area contributed by atoms with Crippen molar-refractivity contribution in [2.75, 3.05) is 6.54 Å². The molecule has 0 aliphatic heterocycles. The molecule has 10 heavy (non-hydrogen) atoms. The molecule has 0 saturated heterocycles. The van der Waals surface area contributed by atoms with Crippen molar-refractivity contribution in [3.05, 3.63) is 0 Å². The molecule has 0 saturated carbocycles. The Morgan fingerprint density at radius 3 is 2.20 bits per heavy atom. The maximum Gasteiger partial charge on any atom is 0.134 e. The minimum Gasteiger partial charge on any atom is -0.330 e. The van der Waals surface area contributed by atoms with Crippen LogP contribution in [0.15, 0.2) is 0 Å². The van der Waals surface area contributed by atoms with Gasteiger partial charge in [-0.2, -0.15) is 0 Å². The van der Waals surface area contributed by atoms with Crippen LogP contribution in [0.5, 0.6) is 0 Å². The maximum atomic E-state index is 10.9. The largest absolute Gasteiger partial charge is 0.330 e. The summed E-state index contributed by atoms with van der Waals surface area (Å²) in [4.78, 5) is 10.9. The van der Waals surface area contributed by atoms with Crippen LogP contribution in [0.25, 0.3) is 0 Å². The molecule has 0 aromatic rings. The summed E-state index contributed by atoms with van der Waals surface area (Å²) >= 11 is 0. The van der Waals surface area contributed by atoms with Gasteiger partial charge in [-0.25, -0.2) is 0 Å². The van der Waals surface area contributed by atoms with Crippen LogP contribution in [-0.4, -0.2) is 12.3 Å². The first-order valence-electron chi connectivity index (χ1n) is 3.84. The van der Waals surface area contributed by atoms with E-state index in [9.17, 15) is 4.79 Å². The molecule has 0 spiro atoms. The highest BCUT2D eigenvalue weighted by molar-refractivity contribution is 5.78. The molecule has 0 aliphatic carbocycles. The second kappa shape index (κ2) is 4.45. The first-order valence-corrected chi connectivity index (χ1v) is 3.84. The Kier molecular flexibility index (Phi) is 4.28. The predicted octanol–water partition coefficient (Wildman–Crippen LogP) is 1.20. The van der Waals surface area contributed by atoms with E-state index < -0.39 is 0 Å². The average Bonchev–Trinajstić information content (AvgIpc) is 1.88. The molecule has 2 N–H and O–H groups in total. The van der Waals surface area contributed by atoms with Gasteiger partial charge in [0.1, 0.15) is 5.78 Å². The minimum atomic E-state index is 0.0741. The van der Waals surface area contributed by atoms with E-state index in [4.69, 9.17) is 5.73 Å². The number of ketones is 1. The van der Waals surface area contributed by atoms with Gasteiger partial charge in [0.2, 0.25) is 0 Å². The Bertz CT molecular complexity index is 112. The molecule has 0 aromatic carbocycles. The fourth-order valence-corrected chi connectivity index (χ4v) is 1.08. The number of Topliss-reactive ketones (excluding diaryl/α,β-unsaturated/α-hetero) is 1. The number of carbonyl (C=O) groups is 1. The van der Waals surface area contributed by atoms with Crippen molar-refractivity contribution in [1.82, 2.24) is 0 Å². The minimum absolute atomic E-state index is 0.0741. The summed E-state index contributed by atoms with van der Waals surface area (Å²) in [5.74, 6) is 0.726. The molecule has 2 heteroatoms. The Balaban J connectivity index is 3.92. The zero-order valence-corrected chi connectivity index (χ0v) is 7.05. The highest BCUT2D eigenvalue weighted by Gasteiger charge is 2.17. The first-order chi connectivity index (χ1) is 4.63. The summed E-state index contributed by atoms with van der Waals surface area (Å²) in [5, 5.41) is 0. The Hall–Kier alpha value is -0.370. The van der Waals surface area contributed by atoms with E-state index in [0.717, 1.165) is 6.42 Å². The molecule has 0 fully saturated rings. The van der Waals surface area contributed by atoms with E-state index in [0.29, 0.717) is 12.5 Å². The van der Waals surface area contributed by atoms with Gasteiger partial charge in [0.25, 0.3) is 0 Å². The molecule has 0 aliphatic rings. The van der Waals surface area contributed by atoms with Crippen LogP contribution in [0.1, 0.15) is 27.2 Å². The van der Waals surface area contributed by atoms with Crippen LogP contribution < -0.4 is 5.73 Å². The van der Waals surface area contributed by atoms with Gasteiger partial charge in [-0.1, -0.05) is 20.3 Å². The number of nitrogens with two attached hydrogens (primary N) is 1. The van der Waals surface area contributed by atoms with Crippen LogP contribution in [-0.2, 0) is 4.79 Å². The third kappa shape index (κ3) is 2.48. The fraction of sp³-hybridized carbons (Fsp3) is 0.875. The van der Waals surface area contributed by atoms with Gasteiger partial charge in [-0.05, 0) is 12.8 Å². The molecule has 1 unspecified atom stereocenters. The Morgan fingerprint density at radius 2 is 2.10 bits per heavy atom. The van der Waals surface area contributed by atoms with Gasteiger partial charge in [0, 0.05) is 12.5 Å². The molecule has 0 amide bonds. The van der Waals surface area contributed by atoms with E-state index >= 15 is 0 Å². The summed E-state index contributed by atoms with van der Waals surface area (Å²) in [6, 6.07) is 0. The SMILES string of the molecule is CC[C@@H](C)C(CN)C(C)=O. The van der Waals surface area contributed by atoms with E-state index in [2.05, 4.69) is 13.8 Å². The third-order valence-corrected chi connectivity index (χ3v) is 2.11. The molecule has 2 atom stereocenters. The van der Waals surface area contributed by atoms with Gasteiger partial charge < -0.3 is 5.73 Å². The van der Waals surface area contributed by atoms with Crippen LogP contribution in [0.2, 0.25) is 0 Å². The van der Waals surface area contributed by atoms with Gasteiger partial charge in [-0.3, -0.25) is 4.79 Å². The second-order valence-electron chi connectivity index (χ2n) is 2.84. The van der Waals surface area contributed by atoms with Crippen molar-refractivity contribution in [3.63, 3.8) is 0 Å². The van der Waals surface area contributed by atoms with E-state index in [1.165, 1.54) is 0 Å². The zero-order valence-electron chi connectivity index (χ0n) is 7.05. The van der Waals surface area contributed by atoms with Crippen LogP contribution in [0.3, 0.4) is 0 Å². The van der Waals surface area contributed by atoms with Crippen molar-refractivity contribution in [1.29, 1.82) is 0 Å². The van der Waals surface area contributed by atoms with Crippen molar-refractivity contribution in [2.24, 2.45) is 17.6 Å². The monoisotopic (exact) mass is 143 g/mol. The standard InChI is InChI=1S/C8H17NO/c1-4-6(2)8(5-9)7(3)10/h6,8H,4-5,9H2,1-3H3/t6-,8?/m1/s1. The number of hydrogen-bond donors (Lipinski definition) is 1. The smallest absolute Gasteiger partial charge is 0.134 e. The molecule has 0 heterocycles. The molecular formula is C8H17NO. The molecule has 0 rings (SSSR count). The van der Waals surface area contributed by atoms with E-state index in [-0.39, 0.29) is 11.7 Å². The van der Waals surface area contributed by atoms with E-state index in [1.807, 2.05) is 0 Å². The average molecular weight is 143 g/mol. The normalized spacial score (nSPS) is 16.4. The van der Waals surface area contributed by atoms with Crippen LogP contribution >= 0.6 is 0 Å². The summed E-state index contributed by atoms with van der Waals surface area (Å²) in [5.41, 5.74) is 5.43. The lowest BCUT2D eigenvalue weighted by atomic mass is 9.89. The summed E-state index contributed by atoms with van der Waals surface area (Å²) in [7, 11) is 0. The highest BCUT2D eigenvalue weighted by Crippen LogP contribution is 2.14. The summed E-state index contributed by atoms with van der Waals surface area (Å²) in [6.07, 6.45) is 1.03. The Labute approximate surface area is 62.8 Å². The topological polar surface area (TPSA) is 43.1 Å². The van der Waals surface area contributed by atoms with Crippen molar-refractivity contribution >= 4 is 5.78 Å². The summed E-state index contributed by atoms with van der Waals surface area (Å²) in [6.45, 7) is 6.25. The van der Waals surface area contributed by atoms with Crippen molar-refractivity contribution < 1.29 is 4.79 Å². The predicted molar refractivity (Wildman–Crippen MR) is 42.7 cm³/mol. The lowest BCUT2D eigenvalue weighted by Crippen LogP contribution is -2.27. The third-order valence-electron chi connectivity index (χ3n) is 2.11. The van der Waals surface area contributed by atoms with Crippen LogP contribution in [0, 0.1) is 11.8 Å². The van der Waals surface area contributed by atoms with Crippen LogP contribution in [0.4, 0.5) is 0 Å². The molecule has 0 radical (unpaired) electrons. The summed E-state index contributed by atoms with van der Waals surface area (Å²) < 4.78 is 0. The quantitative estimate of drug-likeness (QED) is 0.642. The lowest BCUT2D eigenvalue weighted by Gasteiger charge is -2.17. The van der Waals surface area contributed by atoms with E-state index in [1.54, 1.807) is 6.92 Å². The molecule has 0 aromatic heterocycles. The number of rotatable bonds is 4. The molecular weight excluding hydrogens is 126 g/mol.